The molecule has 0 radical (unpaired) electrons. The lowest BCUT2D eigenvalue weighted by atomic mass is 10.1. The Kier molecular flexibility index (Phi) is 8.62. The van der Waals surface area contributed by atoms with Gasteiger partial charge in [0.25, 0.3) is 0 Å². The molecule has 0 aliphatic heterocycles. The lowest BCUT2D eigenvalue weighted by Gasteiger charge is -2.17. The van der Waals surface area contributed by atoms with Gasteiger partial charge in [0.1, 0.15) is 6.54 Å². The number of likely N-dealkylation sites (N-methyl/N-ethyl adjacent to an activating group) is 1. The van der Waals surface area contributed by atoms with Crippen LogP contribution in [0, 0.1) is 0 Å². The fourth-order valence-electron chi connectivity index (χ4n) is 2.08. The van der Waals surface area contributed by atoms with Crippen LogP contribution in [0.3, 0.4) is 0 Å². The Morgan fingerprint density at radius 3 is 2.64 bits per heavy atom. The van der Waals surface area contributed by atoms with Gasteiger partial charge in [-0.3, -0.25) is 19.1 Å². The Morgan fingerprint density at radius 1 is 1.32 bits per heavy atom. The molecular weight excluding hydrogens is 326 g/mol. The molecule has 0 aliphatic rings. The van der Waals surface area contributed by atoms with E-state index in [1.807, 2.05) is 0 Å². The fraction of sp³-hybridized carbons (Fsp3) is 0.625. The second-order valence-corrected chi connectivity index (χ2v) is 5.94. The van der Waals surface area contributed by atoms with Crippen molar-refractivity contribution in [3.05, 3.63) is 12.4 Å². The molecule has 25 heavy (non-hydrogen) atoms. The van der Waals surface area contributed by atoms with Crippen molar-refractivity contribution in [2.45, 2.75) is 38.8 Å². The summed E-state index contributed by atoms with van der Waals surface area (Å²) >= 11 is 0. The highest BCUT2D eigenvalue weighted by molar-refractivity contribution is 6.39. The second kappa shape index (κ2) is 10.4. The van der Waals surface area contributed by atoms with E-state index in [1.165, 1.54) is 22.0 Å². The van der Waals surface area contributed by atoms with Crippen LogP contribution in [0.25, 0.3) is 0 Å². The first-order valence-corrected chi connectivity index (χ1v) is 8.20. The number of carbonyl (C=O) groups is 3. The number of hydrogen-bond acceptors (Lipinski definition) is 5. The van der Waals surface area contributed by atoms with E-state index in [0.717, 1.165) is 19.3 Å². The molecule has 2 N–H and O–H groups in total. The number of unbranched alkanes of at least 4 members (excludes halogenated alkanes) is 1. The van der Waals surface area contributed by atoms with Crippen molar-refractivity contribution in [1.29, 1.82) is 0 Å². The van der Waals surface area contributed by atoms with Gasteiger partial charge >= 0.3 is 11.8 Å². The Balaban J connectivity index is 2.55. The molecule has 1 rings (SSSR count). The van der Waals surface area contributed by atoms with Gasteiger partial charge in [-0.25, -0.2) is 0 Å². The monoisotopic (exact) mass is 353 g/mol. The summed E-state index contributed by atoms with van der Waals surface area (Å²) in [6.07, 6.45) is 5.55. The molecular formula is C16H27N5O4. The minimum Gasteiger partial charge on any atom is -0.383 e. The number of nitrogens with zero attached hydrogens (tertiary/aromatic N) is 3. The maximum atomic E-state index is 12.0. The molecule has 1 unspecified atom stereocenters. The Morgan fingerprint density at radius 2 is 2.04 bits per heavy atom. The van der Waals surface area contributed by atoms with Gasteiger partial charge in [0.05, 0.1) is 24.5 Å². The van der Waals surface area contributed by atoms with Gasteiger partial charge in [0, 0.05) is 27.4 Å². The third-order valence-electron chi connectivity index (χ3n) is 3.50. The highest BCUT2D eigenvalue weighted by atomic mass is 16.5. The van der Waals surface area contributed by atoms with Crippen LogP contribution in [0.15, 0.2) is 12.4 Å². The number of methoxy groups -OCH3 is 1. The third kappa shape index (κ3) is 7.34. The standard InChI is InChI=1S/C16H27N5O4/c1-5-6-7-12(11-25-4)18-15(23)16(24)19-13-8-17-21(9-13)10-14(22)20(2)3/h8-9,12H,5-7,10-11H2,1-4H3,(H,18,23)(H,19,24). The second-order valence-electron chi connectivity index (χ2n) is 5.94. The van der Waals surface area contributed by atoms with Crippen molar-refractivity contribution in [3.8, 4) is 0 Å². The normalized spacial score (nSPS) is 11.7. The number of carbonyl (C=O) groups excluding carboxylic acids is 3. The number of aromatic nitrogens is 2. The van der Waals surface area contributed by atoms with E-state index in [1.54, 1.807) is 21.2 Å². The van der Waals surface area contributed by atoms with Crippen LogP contribution in [0.1, 0.15) is 26.2 Å². The van der Waals surface area contributed by atoms with Crippen molar-refractivity contribution in [2.75, 3.05) is 33.1 Å². The van der Waals surface area contributed by atoms with Crippen LogP contribution in [-0.4, -0.2) is 66.3 Å². The summed E-state index contributed by atoms with van der Waals surface area (Å²) in [4.78, 5) is 37.1. The molecule has 1 atom stereocenters. The Hall–Kier alpha value is -2.42. The number of amides is 3. The summed E-state index contributed by atoms with van der Waals surface area (Å²) in [6.45, 7) is 2.46. The maximum Gasteiger partial charge on any atom is 0.313 e. The SMILES string of the molecule is CCCCC(COC)NC(=O)C(=O)Nc1cnn(CC(=O)N(C)C)c1. The van der Waals surface area contributed by atoms with Crippen molar-refractivity contribution >= 4 is 23.4 Å². The smallest absolute Gasteiger partial charge is 0.313 e. The van der Waals surface area contributed by atoms with Crippen LogP contribution < -0.4 is 10.6 Å². The van der Waals surface area contributed by atoms with Crippen LogP contribution in [-0.2, 0) is 25.7 Å². The average molecular weight is 353 g/mol. The van der Waals surface area contributed by atoms with E-state index in [4.69, 9.17) is 4.74 Å². The van der Waals surface area contributed by atoms with Crippen molar-refractivity contribution in [3.63, 3.8) is 0 Å². The molecule has 0 spiro atoms. The van der Waals surface area contributed by atoms with Gasteiger partial charge in [-0.05, 0) is 6.42 Å². The molecule has 9 heteroatoms. The zero-order valence-electron chi connectivity index (χ0n) is 15.2. The molecule has 3 amide bonds. The lowest BCUT2D eigenvalue weighted by molar-refractivity contribution is -0.136. The number of anilines is 1. The van der Waals surface area contributed by atoms with Crippen LogP contribution in [0.5, 0.6) is 0 Å². The predicted octanol–water partition coefficient (Wildman–Crippen LogP) is 0.231. The summed E-state index contributed by atoms with van der Waals surface area (Å²) < 4.78 is 6.46. The molecule has 9 nitrogen and oxygen atoms in total. The minimum absolute atomic E-state index is 0.0575. The summed E-state index contributed by atoms with van der Waals surface area (Å²) in [5, 5.41) is 9.12. The highest BCUT2D eigenvalue weighted by Crippen LogP contribution is 2.06. The van der Waals surface area contributed by atoms with Gasteiger partial charge in [-0.2, -0.15) is 5.10 Å². The summed E-state index contributed by atoms with van der Waals surface area (Å²) in [7, 11) is 4.84. The topological polar surface area (TPSA) is 106 Å². The zero-order valence-corrected chi connectivity index (χ0v) is 15.2. The first kappa shape index (κ1) is 20.6. The average Bonchev–Trinajstić information content (AvgIpc) is 2.99. The van der Waals surface area contributed by atoms with Crippen LogP contribution >= 0.6 is 0 Å². The zero-order chi connectivity index (χ0) is 18.8. The van der Waals surface area contributed by atoms with E-state index in [2.05, 4.69) is 22.7 Å². The van der Waals surface area contributed by atoms with Gasteiger partial charge < -0.3 is 20.3 Å². The molecule has 0 saturated carbocycles. The number of hydrogen-bond donors (Lipinski definition) is 2. The van der Waals surface area contributed by atoms with Crippen molar-refractivity contribution < 1.29 is 19.1 Å². The number of nitrogens with one attached hydrogen (secondary N) is 2. The third-order valence-corrected chi connectivity index (χ3v) is 3.50. The van der Waals surface area contributed by atoms with Gasteiger partial charge in [0.2, 0.25) is 5.91 Å². The molecule has 1 heterocycles. The van der Waals surface area contributed by atoms with Crippen LogP contribution in [0.2, 0.25) is 0 Å². The van der Waals surface area contributed by atoms with E-state index >= 15 is 0 Å². The largest absolute Gasteiger partial charge is 0.383 e. The summed E-state index contributed by atoms with van der Waals surface area (Å²) in [6, 6.07) is -0.205. The fourth-order valence-corrected chi connectivity index (χ4v) is 2.08. The first-order valence-electron chi connectivity index (χ1n) is 8.20. The Labute approximate surface area is 147 Å². The first-order chi connectivity index (χ1) is 11.9. The van der Waals surface area contributed by atoms with Crippen molar-refractivity contribution in [1.82, 2.24) is 20.0 Å². The molecule has 1 aromatic rings. The molecule has 0 aliphatic carbocycles. The van der Waals surface area contributed by atoms with E-state index in [0.29, 0.717) is 12.3 Å². The molecule has 1 aromatic heterocycles. The molecule has 0 aromatic carbocycles. The summed E-state index contributed by atoms with van der Waals surface area (Å²) in [5.74, 6) is -1.64. The molecule has 0 fully saturated rings. The number of rotatable bonds is 9. The summed E-state index contributed by atoms with van der Waals surface area (Å²) in [5.41, 5.74) is 0.351. The number of ether oxygens (including phenoxy) is 1. The quantitative estimate of drug-likeness (QED) is 0.618. The van der Waals surface area contributed by atoms with Crippen molar-refractivity contribution in [2.24, 2.45) is 0 Å². The predicted molar refractivity (Wildman–Crippen MR) is 92.9 cm³/mol. The van der Waals surface area contributed by atoms with Gasteiger partial charge in [0.15, 0.2) is 0 Å². The molecule has 140 valence electrons. The lowest BCUT2D eigenvalue weighted by Crippen LogP contribution is -2.43. The molecule has 0 bridgehead atoms. The maximum absolute atomic E-state index is 12.0. The van der Waals surface area contributed by atoms with Gasteiger partial charge in [-0.1, -0.05) is 19.8 Å². The van der Waals surface area contributed by atoms with E-state index in [9.17, 15) is 14.4 Å². The molecule has 0 saturated heterocycles. The van der Waals surface area contributed by atoms with Crippen LogP contribution in [0.4, 0.5) is 5.69 Å². The minimum atomic E-state index is -0.781. The Bertz CT molecular complexity index is 585. The highest BCUT2D eigenvalue weighted by Gasteiger charge is 2.19. The van der Waals surface area contributed by atoms with Gasteiger partial charge in [-0.15, -0.1) is 0 Å². The van der Waals surface area contributed by atoms with E-state index < -0.39 is 11.8 Å². The van der Waals surface area contributed by atoms with E-state index in [-0.39, 0.29) is 18.5 Å².